The lowest BCUT2D eigenvalue weighted by atomic mass is 10.2. The van der Waals surface area contributed by atoms with Crippen molar-refractivity contribution in [2.24, 2.45) is 0 Å². The highest BCUT2D eigenvalue weighted by Gasteiger charge is 2.00. The fourth-order valence-corrected chi connectivity index (χ4v) is 1.37. The number of nitriles is 1. The molecule has 0 spiro atoms. The maximum Gasteiger partial charge on any atom is 0.137 e. The third-order valence-corrected chi connectivity index (χ3v) is 2.19. The van der Waals surface area contributed by atoms with Crippen LogP contribution in [0.5, 0.6) is 5.75 Å². The molecule has 0 atom stereocenters. The molecule has 0 heterocycles. The first-order valence-corrected chi connectivity index (χ1v) is 5.71. The van der Waals surface area contributed by atoms with E-state index in [0.29, 0.717) is 17.9 Å². The van der Waals surface area contributed by atoms with Crippen molar-refractivity contribution >= 4 is 0 Å². The van der Waals surface area contributed by atoms with E-state index in [1.165, 1.54) is 0 Å². The summed E-state index contributed by atoms with van der Waals surface area (Å²) in [6, 6.07) is 9.44. The van der Waals surface area contributed by atoms with Gasteiger partial charge in [-0.3, -0.25) is 0 Å². The second-order valence-electron chi connectivity index (χ2n) is 3.56. The predicted octanol–water partition coefficient (Wildman–Crippen LogP) is 2.33. The van der Waals surface area contributed by atoms with Crippen LogP contribution in [0.25, 0.3) is 0 Å². The monoisotopic (exact) mass is 218 g/mol. The van der Waals surface area contributed by atoms with E-state index >= 15 is 0 Å². The van der Waals surface area contributed by atoms with Gasteiger partial charge in [0.1, 0.15) is 11.8 Å². The molecule has 16 heavy (non-hydrogen) atoms. The third-order valence-electron chi connectivity index (χ3n) is 2.19. The van der Waals surface area contributed by atoms with Crippen LogP contribution in [-0.2, 0) is 0 Å². The molecule has 0 bridgehead atoms. The van der Waals surface area contributed by atoms with Gasteiger partial charge in [0.2, 0.25) is 0 Å². The van der Waals surface area contributed by atoms with E-state index in [1.54, 1.807) is 6.07 Å². The van der Waals surface area contributed by atoms with Crippen LogP contribution in [0.1, 0.15) is 25.3 Å². The predicted molar refractivity (Wildman–Crippen MR) is 64.4 cm³/mol. The van der Waals surface area contributed by atoms with Crippen LogP contribution in [0, 0.1) is 11.3 Å². The van der Waals surface area contributed by atoms with E-state index in [1.807, 2.05) is 18.2 Å². The first-order chi connectivity index (χ1) is 7.88. The summed E-state index contributed by atoms with van der Waals surface area (Å²) in [7, 11) is 0. The normalized spacial score (nSPS) is 9.75. The highest BCUT2D eigenvalue weighted by atomic mass is 16.5. The number of hydrogen-bond donors (Lipinski definition) is 1. The summed E-state index contributed by atoms with van der Waals surface area (Å²) >= 11 is 0. The molecule has 0 aromatic heterocycles. The lowest BCUT2D eigenvalue weighted by Gasteiger charge is -2.07. The summed E-state index contributed by atoms with van der Waals surface area (Å²) < 4.78 is 5.55. The lowest BCUT2D eigenvalue weighted by Crippen LogP contribution is -2.18. The third kappa shape index (κ3) is 4.33. The van der Waals surface area contributed by atoms with Gasteiger partial charge in [-0.15, -0.1) is 0 Å². The fraction of sp³-hybridized carbons (Fsp3) is 0.462. The average molecular weight is 218 g/mol. The Morgan fingerprint density at radius 3 is 2.88 bits per heavy atom. The molecule has 3 heteroatoms. The molecule has 0 fully saturated rings. The summed E-state index contributed by atoms with van der Waals surface area (Å²) in [5.74, 6) is 0.681. The number of ether oxygens (including phenoxy) is 1. The topological polar surface area (TPSA) is 45.0 Å². The van der Waals surface area contributed by atoms with Gasteiger partial charge in [-0.05, 0) is 38.1 Å². The molecule has 0 radical (unpaired) electrons. The number of para-hydroxylation sites is 1. The van der Waals surface area contributed by atoms with Crippen LogP contribution in [0.3, 0.4) is 0 Å². The van der Waals surface area contributed by atoms with Gasteiger partial charge in [-0.25, -0.2) is 0 Å². The highest BCUT2D eigenvalue weighted by molar-refractivity contribution is 5.42. The van der Waals surface area contributed by atoms with E-state index < -0.39 is 0 Å². The molecule has 0 saturated carbocycles. The average Bonchev–Trinajstić information content (AvgIpc) is 2.34. The molecule has 1 N–H and O–H groups in total. The Labute approximate surface area is 97.0 Å². The van der Waals surface area contributed by atoms with Gasteiger partial charge in [0.15, 0.2) is 0 Å². The zero-order chi connectivity index (χ0) is 11.6. The van der Waals surface area contributed by atoms with Crippen LogP contribution < -0.4 is 10.1 Å². The van der Waals surface area contributed by atoms with Crippen molar-refractivity contribution in [1.29, 1.82) is 5.26 Å². The Morgan fingerprint density at radius 2 is 2.12 bits per heavy atom. The Balaban J connectivity index is 2.24. The zero-order valence-electron chi connectivity index (χ0n) is 9.70. The van der Waals surface area contributed by atoms with Crippen molar-refractivity contribution < 1.29 is 4.74 Å². The van der Waals surface area contributed by atoms with Crippen LogP contribution in [0.15, 0.2) is 24.3 Å². The Hall–Kier alpha value is -1.53. The maximum absolute atomic E-state index is 8.85. The summed E-state index contributed by atoms with van der Waals surface area (Å²) in [6.07, 6.45) is 2.11. The van der Waals surface area contributed by atoms with E-state index in [-0.39, 0.29) is 0 Å². The minimum atomic E-state index is 0.601. The second-order valence-corrected chi connectivity index (χ2v) is 3.56. The minimum Gasteiger partial charge on any atom is -0.492 e. The molecule has 0 aliphatic rings. The number of nitrogens with zero attached hydrogens (tertiary/aromatic N) is 1. The van der Waals surface area contributed by atoms with Crippen molar-refractivity contribution in [2.75, 3.05) is 19.7 Å². The van der Waals surface area contributed by atoms with Gasteiger partial charge in [-0.1, -0.05) is 19.1 Å². The molecular formula is C13H18N2O. The molecule has 0 aliphatic carbocycles. The lowest BCUT2D eigenvalue weighted by molar-refractivity contribution is 0.307. The molecule has 0 unspecified atom stereocenters. The van der Waals surface area contributed by atoms with Crippen LogP contribution in [-0.4, -0.2) is 19.7 Å². The number of rotatable bonds is 7. The van der Waals surface area contributed by atoms with E-state index in [0.717, 1.165) is 25.9 Å². The smallest absolute Gasteiger partial charge is 0.137 e. The summed E-state index contributed by atoms with van der Waals surface area (Å²) in [6.45, 7) is 4.80. The van der Waals surface area contributed by atoms with Gasteiger partial charge in [0.25, 0.3) is 0 Å². The van der Waals surface area contributed by atoms with E-state index in [2.05, 4.69) is 18.3 Å². The molecule has 1 aromatic carbocycles. The van der Waals surface area contributed by atoms with Crippen LogP contribution in [0.4, 0.5) is 0 Å². The van der Waals surface area contributed by atoms with Crippen molar-refractivity contribution in [3.05, 3.63) is 29.8 Å². The summed E-state index contributed by atoms with van der Waals surface area (Å²) in [5, 5.41) is 12.2. The first-order valence-electron chi connectivity index (χ1n) is 5.71. The minimum absolute atomic E-state index is 0.601. The number of benzene rings is 1. The maximum atomic E-state index is 8.85. The van der Waals surface area contributed by atoms with Crippen molar-refractivity contribution in [3.63, 3.8) is 0 Å². The second kappa shape index (κ2) is 7.72. The molecule has 86 valence electrons. The largest absolute Gasteiger partial charge is 0.492 e. The molecule has 0 amide bonds. The molecular weight excluding hydrogens is 200 g/mol. The van der Waals surface area contributed by atoms with Crippen molar-refractivity contribution in [1.82, 2.24) is 5.32 Å². The van der Waals surface area contributed by atoms with E-state index in [9.17, 15) is 0 Å². The molecule has 1 aromatic rings. The van der Waals surface area contributed by atoms with E-state index in [4.69, 9.17) is 10.00 Å². The summed E-state index contributed by atoms with van der Waals surface area (Å²) in [5.41, 5.74) is 0.601. The van der Waals surface area contributed by atoms with Gasteiger partial charge < -0.3 is 10.1 Å². The Morgan fingerprint density at radius 1 is 1.31 bits per heavy atom. The molecule has 1 rings (SSSR count). The SMILES string of the molecule is CCCNCCCOc1ccccc1C#N. The quantitative estimate of drug-likeness (QED) is 0.714. The first kappa shape index (κ1) is 12.5. The van der Waals surface area contributed by atoms with Gasteiger partial charge >= 0.3 is 0 Å². The Bertz CT molecular complexity index is 344. The summed E-state index contributed by atoms with van der Waals surface area (Å²) in [4.78, 5) is 0. The van der Waals surface area contributed by atoms with Crippen LogP contribution >= 0.6 is 0 Å². The van der Waals surface area contributed by atoms with Crippen molar-refractivity contribution in [2.45, 2.75) is 19.8 Å². The fourth-order valence-electron chi connectivity index (χ4n) is 1.37. The number of nitrogens with one attached hydrogen (secondary N) is 1. The van der Waals surface area contributed by atoms with Gasteiger partial charge in [0.05, 0.1) is 12.2 Å². The van der Waals surface area contributed by atoms with Gasteiger partial charge in [0, 0.05) is 0 Å². The number of hydrogen-bond acceptors (Lipinski definition) is 3. The zero-order valence-corrected chi connectivity index (χ0v) is 9.70. The van der Waals surface area contributed by atoms with Crippen molar-refractivity contribution in [3.8, 4) is 11.8 Å². The Kier molecular flexibility index (Phi) is 6.05. The van der Waals surface area contributed by atoms with Crippen LogP contribution in [0.2, 0.25) is 0 Å². The van der Waals surface area contributed by atoms with Gasteiger partial charge in [-0.2, -0.15) is 5.26 Å². The molecule has 0 aliphatic heterocycles. The standard InChI is InChI=1S/C13H18N2O/c1-2-8-15-9-5-10-16-13-7-4-3-6-12(13)11-14/h3-4,6-7,15H,2,5,8-10H2,1H3. The molecule has 3 nitrogen and oxygen atoms in total. The molecule has 0 saturated heterocycles. The highest BCUT2D eigenvalue weighted by Crippen LogP contribution is 2.16.